The van der Waals surface area contributed by atoms with Gasteiger partial charge in [-0.25, -0.2) is 4.79 Å². The SMILES string of the molecule is O=C(O)C(Cc1ccccc1)n1ccc(-c2cc(Cl)ccc2Cl)cc1=O. The summed E-state index contributed by atoms with van der Waals surface area (Å²) in [6.07, 6.45) is 1.70. The number of rotatable bonds is 5. The Morgan fingerprint density at radius 2 is 1.77 bits per heavy atom. The minimum Gasteiger partial charge on any atom is -0.480 e. The van der Waals surface area contributed by atoms with Gasteiger partial charge in [0.2, 0.25) is 0 Å². The summed E-state index contributed by atoms with van der Waals surface area (Å²) in [5.41, 5.74) is 1.64. The average molecular weight is 388 g/mol. The highest BCUT2D eigenvalue weighted by Crippen LogP contribution is 2.30. The van der Waals surface area contributed by atoms with Gasteiger partial charge in [0.05, 0.1) is 0 Å². The van der Waals surface area contributed by atoms with Crippen molar-refractivity contribution in [1.29, 1.82) is 0 Å². The van der Waals surface area contributed by atoms with Crippen LogP contribution in [-0.4, -0.2) is 15.6 Å². The third kappa shape index (κ3) is 3.98. The summed E-state index contributed by atoms with van der Waals surface area (Å²) in [6.45, 7) is 0. The van der Waals surface area contributed by atoms with E-state index in [1.807, 2.05) is 30.3 Å². The Kier molecular flexibility index (Phi) is 5.45. The van der Waals surface area contributed by atoms with Gasteiger partial charge in [0.25, 0.3) is 5.56 Å². The van der Waals surface area contributed by atoms with Crippen molar-refractivity contribution in [3.05, 3.63) is 92.8 Å². The molecule has 6 heteroatoms. The van der Waals surface area contributed by atoms with Crippen molar-refractivity contribution in [2.45, 2.75) is 12.5 Å². The number of carbonyl (C=O) groups is 1. The van der Waals surface area contributed by atoms with Crippen molar-refractivity contribution in [3.63, 3.8) is 0 Å². The lowest BCUT2D eigenvalue weighted by Gasteiger charge is -2.16. The second-order valence-electron chi connectivity index (χ2n) is 5.83. The molecule has 0 aliphatic heterocycles. The van der Waals surface area contributed by atoms with Crippen molar-refractivity contribution in [1.82, 2.24) is 4.57 Å². The Morgan fingerprint density at radius 3 is 2.42 bits per heavy atom. The van der Waals surface area contributed by atoms with E-state index < -0.39 is 17.6 Å². The monoisotopic (exact) mass is 387 g/mol. The van der Waals surface area contributed by atoms with Crippen LogP contribution < -0.4 is 5.56 Å². The zero-order chi connectivity index (χ0) is 18.7. The molecule has 26 heavy (non-hydrogen) atoms. The average Bonchev–Trinajstić information content (AvgIpc) is 2.63. The van der Waals surface area contributed by atoms with Gasteiger partial charge in [0.15, 0.2) is 0 Å². The van der Waals surface area contributed by atoms with E-state index in [1.54, 1.807) is 24.3 Å². The molecule has 1 aromatic heterocycles. The van der Waals surface area contributed by atoms with Crippen LogP contribution in [0.15, 0.2) is 71.7 Å². The van der Waals surface area contributed by atoms with Crippen LogP contribution in [0.1, 0.15) is 11.6 Å². The smallest absolute Gasteiger partial charge is 0.327 e. The molecule has 1 unspecified atom stereocenters. The summed E-state index contributed by atoms with van der Waals surface area (Å²) >= 11 is 12.2. The van der Waals surface area contributed by atoms with E-state index in [1.165, 1.54) is 16.8 Å². The van der Waals surface area contributed by atoms with Crippen LogP contribution in [0.25, 0.3) is 11.1 Å². The number of hydrogen-bond acceptors (Lipinski definition) is 2. The van der Waals surface area contributed by atoms with Gasteiger partial charge < -0.3 is 9.67 Å². The standard InChI is InChI=1S/C20H15Cl2NO3/c21-15-6-7-17(22)16(12-15)14-8-9-23(19(24)11-14)18(20(25)26)10-13-4-2-1-3-5-13/h1-9,11-12,18H,10H2,(H,25,26). The van der Waals surface area contributed by atoms with Crippen molar-refractivity contribution in [2.24, 2.45) is 0 Å². The Balaban J connectivity index is 1.98. The molecular weight excluding hydrogens is 373 g/mol. The van der Waals surface area contributed by atoms with Crippen molar-refractivity contribution in [3.8, 4) is 11.1 Å². The molecule has 0 saturated carbocycles. The zero-order valence-corrected chi connectivity index (χ0v) is 15.1. The zero-order valence-electron chi connectivity index (χ0n) is 13.6. The highest BCUT2D eigenvalue weighted by atomic mass is 35.5. The van der Waals surface area contributed by atoms with E-state index in [9.17, 15) is 14.7 Å². The first-order valence-electron chi connectivity index (χ1n) is 7.90. The molecule has 0 amide bonds. The number of benzene rings is 2. The summed E-state index contributed by atoms with van der Waals surface area (Å²) in [5, 5.41) is 10.5. The highest BCUT2D eigenvalue weighted by Gasteiger charge is 2.21. The minimum atomic E-state index is -1.07. The number of pyridine rings is 1. The minimum absolute atomic E-state index is 0.216. The van der Waals surface area contributed by atoms with Gasteiger partial charge in [-0.3, -0.25) is 4.79 Å². The second kappa shape index (κ2) is 7.77. The molecule has 4 nitrogen and oxygen atoms in total. The van der Waals surface area contributed by atoms with Gasteiger partial charge in [-0.2, -0.15) is 0 Å². The van der Waals surface area contributed by atoms with Gasteiger partial charge in [-0.15, -0.1) is 0 Å². The maximum Gasteiger partial charge on any atom is 0.327 e. The van der Waals surface area contributed by atoms with E-state index in [-0.39, 0.29) is 6.42 Å². The van der Waals surface area contributed by atoms with Crippen LogP contribution in [0.3, 0.4) is 0 Å². The van der Waals surface area contributed by atoms with Crippen molar-refractivity contribution < 1.29 is 9.90 Å². The lowest BCUT2D eigenvalue weighted by Crippen LogP contribution is -2.30. The number of carboxylic acid groups (broad SMARTS) is 1. The molecule has 2 aromatic carbocycles. The molecule has 0 fully saturated rings. The fourth-order valence-corrected chi connectivity index (χ4v) is 3.17. The first-order valence-corrected chi connectivity index (χ1v) is 8.65. The van der Waals surface area contributed by atoms with Gasteiger partial charge in [-0.05, 0) is 35.4 Å². The predicted octanol–water partition coefficient (Wildman–Crippen LogP) is 4.69. The van der Waals surface area contributed by atoms with Crippen LogP contribution in [0, 0.1) is 0 Å². The predicted molar refractivity (Wildman–Crippen MR) is 103 cm³/mol. The summed E-state index contributed by atoms with van der Waals surface area (Å²) in [6, 6.07) is 16.2. The van der Waals surface area contributed by atoms with Gasteiger partial charge in [0.1, 0.15) is 6.04 Å². The lowest BCUT2D eigenvalue weighted by molar-refractivity contribution is -0.141. The van der Waals surface area contributed by atoms with E-state index in [0.717, 1.165) is 5.56 Å². The van der Waals surface area contributed by atoms with E-state index in [4.69, 9.17) is 23.2 Å². The molecule has 132 valence electrons. The number of carboxylic acids is 1. The molecule has 0 saturated heterocycles. The van der Waals surface area contributed by atoms with Crippen molar-refractivity contribution >= 4 is 29.2 Å². The largest absolute Gasteiger partial charge is 0.480 e. The van der Waals surface area contributed by atoms with Crippen LogP contribution >= 0.6 is 23.2 Å². The van der Waals surface area contributed by atoms with E-state index >= 15 is 0 Å². The normalized spacial score (nSPS) is 11.9. The molecule has 3 aromatic rings. The first-order chi connectivity index (χ1) is 12.5. The molecular formula is C20H15Cl2NO3. The Labute approximate surface area is 160 Å². The molecule has 1 atom stereocenters. The summed E-state index contributed by atoms with van der Waals surface area (Å²) in [7, 11) is 0. The molecule has 0 radical (unpaired) electrons. The van der Waals surface area contributed by atoms with Crippen LogP contribution in [0.2, 0.25) is 10.0 Å². The summed E-state index contributed by atoms with van der Waals surface area (Å²) in [4.78, 5) is 24.3. The molecule has 1 heterocycles. The Morgan fingerprint density at radius 1 is 1.04 bits per heavy atom. The number of hydrogen-bond donors (Lipinski definition) is 1. The molecule has 1 N–H and O–H groups in total. The van der Waals surface area contributed by atoms with Crippen LogP contribution in [-0.2, 0) is 11.2 Å². The first kappa shape index (κ1) is 18.2. The van der Waals surface area contributed by atoms with Crippen molar-refractivity contribution in [2.75, 3.05) is 0 Å². The Hall–Kier alpha value is -2.56. The Bertz CT molecular complexity index is 999. The molecule has 3 rings (SSSR count). The number of halogens is 2. The van der Waals surface area contributed by atoms with E-state index in [0.29, 0.717) is 21.2 Å². The number of nitrogens with zero attached hydrogens (tertiary/aromatic N) is 1. The number of aromatic nitrogens is 1. The topological polar surface area (TPSA) is 59.3 Å². The van der Waals surface area contributed by atoms with Crippen LogP contribution in [0.4, 0.5) is 0 Å². The third-order valence-electron chi connectivity index (χ3n) is 4.08. The van der Waals surface area contributed by atoms with Crippen LogP contribution in [0.5, 0.6) is 0 Å². The second-order valence-corrected chi connectivity index (χ2v) is 6.67. The van der Waals surface area contributed by atoms with Gasteiger partial charge >= 0.3 is 5.97 Å². The summed E-state index contributed by atoms with van der Waals surface area (Å²) in [5.74, 6) is -1.07. The molecule has 0 aliphatic rings. The van der Waals surface area contributed by atoms with Gasteiger partial charge in [-0.1, -0.05) is 53.5 Å². The van der Waals surface area contributed by atoms with Gasteiger partial charge in [0, 0.05) is 34.3 Å². The summed E-state index contributed by atoms with van der Waals surface area (Å²) < 4.78 is 1.22. The maximum atomic E-state index is 12.6. The molecule has 0 aliphatic carbocycles. The highest BCUT2D eigenvalue weighted by molar-refractivity contribution is 6.35. The third-order valence-corrected chi connectivity index (χ3v) is 4.64. The molecule has 0 spiro atoms. The maximum absolute atomic E-state index is 12.6. The number of aliphatic carboxylic acids is 1. The fraction of sp³-hybridized carbons (Fsp3) is 0.100. The fourth-order valence-electron chi connectivity index (χ4n) is 2.78. The molecule has 0 bridgehead atoms. The lowest BCUT2D eigenvalue weighted by atomic mass is 10.0. The quantitative estimate of drug-likeness (QED) is 0.690. The van der Waals surface area contributed by atoms with E-state index in [2.05, 4.69) is 0 Å².